The lowest BCUT2D eigenvalue weighted by Crippen LogP contribution is -2.09. The van der Waals surface area contributed by atoms with E-state index >= 15 is 0 Å². The van der Waals surface area contributed by atoms with Crippen LogP contribution >= 0.6 is 11.3 Å². The Hall–Kier alpha value is -7.01. The van der Waals surface area contributed by atoms with Crippen molar-refractivity contribution < 1.29 is 0 Å². The maximum absolute atomic E-state index is 5.66. The highest BCUT2D eigenvalue weighted by molar-refractivity contribution is 7.26. The minimum atomic E-state index is 0.270. The van der Waals surface area contributed by atoms with Gasteiger partial charge in [0.1, 0.15) is 0 Å². The van der Waals surface area contributed by atoms with E-state index in [0.717, 1.165) is 66.0 Å². The maximum Gasteiger partial charge on any atom is 0.156 e. The van der Waals surface area contributed by atoms with Crippen molar-refractivity contribution in [2.45, 2.75) is 38.0 Å². The average Bonchev–Trinajstić information content (AvgIpc) is 3.74. The van der Waals surface area contributed by atoms with Crippen LogP contribution in [0.25, 0.3) is 97.4 Å². The topological polar surface area (TPSA) is 38.7 Å². The van der Waals surface area contributed by atoms with Gasteiger partial charge in [-0.1, -0.05) is 158 Å². The summed E-state index contributed by atoms with van der Waals surface area (Å²) in [5, 5.41) is 8.93. The zero-order valence-electron chi connectivity index (χ0n) is 33.7. The lowest BCUT2D eigenvalue weighted by Gasteiger charge is -2.23. The third kappa shape index (κ3) is 6.29. The van der Waals surface area contributed by atoms with Gasteiger partial charge in [-0.05, 0) is 106 Å². The molecule has 2 aliphatic rings. The lowest BCUT2D eigenvalue weighted by molar-refractivity contribution is 0.614. The Bertz CT molecular complexity index is 3450. The molecule has 290 valence electrons. The Morgan fingerprint density at radius 2 is 1.25 bits per heavy atom. The number of nitrogens with zero attached hydrogens (tertiary/aromatic N) is 3. The third-order valence-corrected chi connectivity index (χ3v) is 14.0. The number of allylic oxidation sites excluding steroid dienone is 6. The van der Waals surface area contributed by atoms with Crippen molar-refractivity contribution in [3.63, 3.8) is 0 Å². The van der Waals surface area contributed by atoms with Crippen molar-refractivity contribution in [3.05, 3.63) is 199 Å². The lowest BCUT2D eigenvalue weighted by atomic mass is 9.84. The number of benzene rings is 7. The SMILES string of the molecule is C1=CC(c2ccc(-c3cc(-c4ccccc4)nc(C4=CCC(c5nc6cccc(-c7cc8ccccc8c8ccccc78)c6c6sc7ccccc7c56)CC4)n3)cc2)=CCC1. The van der Waals surface area contributed by atoms with E-state index in [2.05, 4.69) is 182 Å². The van der Waals surface area contributed by atoms with E-state index < -0.39 is 0 Å². The van der Waals surface area contributed by atoms with Gasteiger partial charge in [-0.25, -0.2) is 9.97 Å². The van der Waals surface area contributed by atoms with Crippen LogP contribution in [0.15, 0.2) is 182 Å². The average molecular weight is 800 g/mol. The second-order valence-electron chi connectivity index (χ2n) is 16.4. The fourth-order valence-corrected chi connectivity index (χ4v) is 11.1. The van der Waals surface area contributed by atoms with Crippen molar-refractivity contribution in [1.29, 1.82) is 0 Å². The van der Waals surface area contributed by atoms with E-state index in [9.17, 15) is 0 Å². The maximum atomic E-state index is 5.66. The summed E-state index contributed by atoms with van der Waals surface area (Å²) in [5.74, 6) is 1.09. The van der Waals surface area contributed by atoms with Crippen molar-refractivity contribution >= 4 is 75.1 Å². The summed E-state index contributed by atoms with van der Waals surface area (Å²) in [5.41, 5.74) is 12.6. The minimum absolute atomic E-state index is 0.270. The van der Waals surface area contributed by atoms with Gasteiger partial charge in [0, 0.05) is 42.6 Å². The van der Waals surface area contributed by atoms with Crippen molar-refractivity contribution in [2.24, 2.45) is 0 Å². The molecule has 0 saturated carbocycles. The molecular formula is C57H41N3S. The fourth-order valence-electron chi connectivity index (χ4n) is 9.77. The molecule has 3 heterocycles. The molecular weight excluding hydrogens is 759 g/mol. The number of hydrogen-bond acceptors (Lipinski definition) is 4. The van der Waals surface area contributed by atoms with Gasteiger partial charge in [0.2, 0.25) is 0 Å². The Labute approximate surface area is 359 Å². The smallest absolute Gasteiger partial charge is 0.156 e. The van der Waals surface area contributed by atoms with E-state index in [0.29, 0.717) is 0 Å². The van der Waals surface area contributed by atoms with Crippen molar-refractivity contribution in [3.8, 4) is 33.6 Å². The highest BCUT2D eigenvalue weighted by Gasteiger charge is 2.26. The largest absolute Gasteiger partial charge is 0.252 e. The van der Waals surface area contributed by atoms with Crippen LogP contribution in [0.2, 0.25) is 0 Å². The number of aromatic nitrogens is 3. The number of rotatable bonds is 6. The molecule has 0 radical (unpaired) electrons. The number of thiophene rings is 1. The standard InChI is InChI=1S/C57H41N3S/c1-3-14-36(15-4-1)37-26-28-39(29-27-37)51-35-50(38-16-5-2-6-17-38)59-57(60-51)41-32-30-40(31-33-41)55-54-47-22-11-12-25-52(47)61-56(54)53-46(23-13-24-49(53)58-55)48-34-42-18-7-8-19-43(42)44-20-9-10-21-45(44)48/h2-3,5-29,32,34-35,40H,1,4,30-31,33H2. The number of pyridine rings is 1. The summed E-state index contributed by atoms with van der Waals surface area (Å²) in [6, 6.07) is 57.2. The number of hydrogen-bond donors (Lipinski definition) is 0. The van der Waals surface area contributed by atoms with Gasteiger partial charge in [-0.2, -0.15) is 0 Å². The molecule has 2 aliphatic carbocycles. The van der Waals surface area contributed by atoms with Crippen LogP contribution in [-0.2, 0) is 0 Å². The summed E-state index contributed by atoms with van der Waals surface area (Å²) in [4.78, 5) is 16.2. The van der Waals surface area contributed by atoms with Crippen LogP contribution < -0.4 is 0 Å². The molecule has 61 heavy (non-hydrogen) atoms. The predicted molar refractivity (Wildman–Crippen MR) is 259 cm³/mol. The first-order valence-electron chi connectivity index (χ1n) is 21.5. The van der Waals surface area contributed by atoms with E-state index in [1.165, 1.54) is 80.6 Å². The zero-order chi connectivity index (χ0) is 40.3. The molecule has 0 amide bonds. The highest BCUT2D eigenvalue weighted by Crippen LogP contribution is 2.48. The van der Waals surface area contributed by atoms with E-state index in [4.69, 9.17) is 15.0 Å². The summed E-state index contributed by atoms with van der Waals surface area (Å²) in [7, 11) is 0. The Kier molecular flexibility index (Phi) is 8.78. The zero-order valence-corrected chi connectivity index (χ0v) is 34.5. The summed E-state index contributed by atoms with van der Waals surface area (Å²) >= 11 is 1.91. The molecule has 3 nitrogen and oxygen atoms in total. The monoisotopic (exact) mass is 799 g/mol. The van der Waals surface area contributed by atoms with Crippen LogP contribution in [-0.4, -0.2) is 15.0 Å². The van der Waals surface area contributed by atoms with Crippen LogP contribution in [0.1, 0.15) is 55.1 Å². The number of fused-ring (bicyclic) bond motifs is 8. The molecule has 1 atom stereocenters. The first kappa shape index (κ1) is 35.9. The minimum Gasteiger partial charge on any atom is -0.252 e. The molecule has 0 fully saturated rings. The molecule has 0 spiro atoms. The van der Waals surface area contributed by atoms with Gasteiger partial charge >= 0.3 is 0 Å². The fraction of sp³-hybridized carbons (Fsp3) is 0.105. The molecule has 3 aromatic heterocycles. The van der Waals surface area contributed by atoms with Gasteiger partial charge in [-0.15, -0.1) is 11.3 Å². The Morgan fingerprint density at radius 1 is 0.525 bits per heavy atom. The summed E-state index contributed by atoms with van der Waals surface area (Å²) < 4.78 is 2.63. The summed E-state index contributed by atoms with van der Waals surface area (Å²) in [6.45, 7) is 0. The van der Waals surface area contributed by atoms with E-state index in [1.807, 2.05) is 11.3 Å². The summed E-state index contributed by atoms with van der Waals surface area (Å²) in [6.07, 6.45) is 14.2. The molecule has 1 unspecified atom stereocenters. The highest BCUT2D eigenvalue weighted by atomic mass is 32.1. The first-order chi connectivity index (χ1) is 30.2. The molecule has 7 aromatic carbocycles. The molecule has 12 rings (SSSR count). The normalized spacial score (nSPS) is 15.5. The van der Waals surface area contributed by atoms with E-state index in [-0.39, 0.29) is 5.92 Å². The molecule has 0 aliphatic heterocycles. The molecule has 10 aromatic rings. The van der Waals surface area contributed by atoms with Crippen LogP contribution in [0.3, 0.4) is 0 Å². The Balaban J connectivity index is 0.963. The van der Waals surface area contributed by atoms with Gasteiger partial charge in [-0.3, -0.25) is 4.98 Å². The molecule has 0 bridgehead atoms. The van der Waals surface area contributed by atoms with Gasteiger partial charge in [0.25, 0.3) is 0 Å². The van der Waals surface area contributed by atoms with Gasteiger partial charge in [0.05, 0.1) is 22.6 Å². The molecule has 4 heteroatoms. The first-order valence-corrected chi connectivity index (χ1v) is 22.3. The van der Waals surface area contributed by atoms with Gasteiger partial charge in [0.15, 0.2) is 5.82 Å². The molecule has 0 N–H and O–H groups in total. The van der Waals surface area contributed by atoms with Gasteiger partial charge < -0.3 is 0 Å². The Morgan fingerprint density at radius 3 is 2.03 bits per heavy atom. The van der Waals surface area contributed by atoms with Crippen LogP contribution in [0, 0.1) is 0 Å². The van der Waals surface area contributed by atoms with E-state index in [1.54, 1.807) is 0 Å². The van der Waals surface area contributed by atoms with Crippen molar-refractivity contribution in [2.75, 3.05) is 0 Å². The van der Waals surface area contributed by atoms with Crippen LogP contribution in [0.4, 0.5) is 0 Å². The quantitative estimate of drug-likeness (QED) is 0.157. The third-order valence-electron chi connectivity index (χ3n) is 12.8. The second kappa shape index (κ2) is 14.9. The van der Waals surface area contributed by atoms with Crippen LogP contribution in [0.5, 0.6) is 0 Å². The predicted octanol–water partition coefficient (Wildman–Crippen LogP) is 15.8. The molecule has 0 saturated heterocycles. The van der Waals surface area contributed by atoms with Crippen molar-refractivity contribution in [1.82, 2.24) is 15.0 Å². The second-order valence-corrected chi connectivity index (χ2v) is 17.5.